The van der Waals surface area contributed by atoms with Gasteiger partial charge in [-0.05, 0) is 43.6 Å². The minimum atomic E-state index is -0.260. The van der Waals surface area contributed by atoms with E-state index in [2.05, 4.69) is 15.0 Å². The molecule has 1 fully saturated rings. The van der Waals surface area contributed by atoms with Crippen LogP contribution in [0.2, 0.25) is 10.0 Å². The van der Waals surface area contributed by atoms with Crippen LogP contribution in [0.4, 0.5) is 0 Å². The van der Waals surface area contributed by atoms with E-state index in [-0.39, 0.29) is 23.7 Å². The molecular weight excluding hydrogens is 433 g/mol. The Kier molecular flexibility index (Phi) is 5.70. The largest absolute Gasteiger partial charge is 0.492 e. The highest BCUT2D eigenvalue weighted by Crippen LogP contribution is 2.42. The molecule has 1 amide bonds. The summed E-state index contributed by atoms with van der Waals surface area (Å²) in [5.41, 5.74) is 6.40. The van der Waals surface area contributed by atoms with Crippen LogP contribution in [0.5, 0.6) is 5.88 Å². The third kappa shape index (κ3) is 3.82. The van der Waals surface area contributed by atoms with Crippen LogP contribution >= 0.6 is 34.5 Å². The lowest BCUT2D eigenvalue weighted by Gasteiger charge is -2.36. The third-order valence-electron chi connectivity index (χ3n) is 5.36. The highest BCUT2D eigenvalue weighted by atomic mass is 35.5. The minimum Gasteiger partial charge on any atom is -0.492 e. The molecule has 3 aromatic rings. The number of nitrogens with zero attached hydrogens (tertiary/aromatic N) is 4. The number of benzene rings is 1. The molecule has 0 aliphatic carbocycles. The van der Waals surface area contributed by atoms with Crippen molar-refractivity contribution in [3.05, 3.63) is 44.5 Å². The molecule has 10 heteroatoms. The quantitative estimate of drug-likeness (QED) is 0.614. The lowest BCUT2D eigenvalue weighted by molar-refractivity contribution is -0.123. The topological polar surface area (TPSA) is 96.8 Å². The van der Waals surface area contributed by atoms with Crippen LogP contribution in [-0.2, 0) is 11.2 Å². The maximum absolute atomic E-state index is 11.6. The zero-order valence-electron chi connectivity index (χ0n) is 15.8. The summed E-state index contributed by atoms with van der Waals surface area (Å²) in [5.74, 6) is 0.380. The van der Waals surface area contributed by atoms with E-state index in [9.17, 15) is 9.90 Å². The number of rotatable bonds is 5. The number of amides is 1. The van der Waals surface area contributed by atoms with Crippen molar-refractivity contribution in [2.24, 2.45) is 11.7 Å². The van der Waals surface area contributed by atoms with Gasteiger partial charge in [-0.1, -0.05) is 47.5 Å². The first-order valence-electron chi connectivity index (χ1n) is 9.44. The fourth-order valence-electron chi connectivity index (χ4n) is 3.77. The molecule has 4 rings (SSSR count). The van der Waals surface area contributed by atoms with Crippen LogP contribution in [0.25, 0.3) is 4.96 Å². The number of halogens is 2. The van der Waals surface area contributed by atoms with Gasteiger partial charge in [-0.25, -0.2) is 4.98 Å². The number of carbonyl (C=O) groups excluding carboxylic acids is 1. The lowest BCUT2D eigenvalue weighted by atomic mass is 9.93. The maximum atomic E-state index is 11.6. The van der Waals surface area contributed by atoms with Gasteiger partial charge in [0.15, 0.2) is 5.82 Å². The summed E-state index contributed by atoms with van der Waals surface area (Å²) < 4.78 is 1.49. The van der Waals surface area contributed by atoms with Gasteiger partial charge in [0.2, 0.25) is 16.7 Å². The highest BCUT2D eigenvalue weighted by Gasteiger charge is 2.33. The van der Waals surface area contributed by atoms with Gasteiger partial charge < -0.3 is 10.8 Å². The summed E-state index contributed by atoms with van der Waals surface area (Å²) >= 11 is 13.8. The zero-order valence-corrected chi connectivity index (χ0v) is 18.1. The molecule has 29 heavy (non-hydrogen) atoms. The average molecular weight is 454 g/mol. The van der Waals surface area contributed by atoms with Crippen molar-refractivity contribution >= 4 is 45.4 Å². The third-order valence-corrected chi connectivity index (χ3v) is 7.18. The molecule has 3 heterocycles. The summed E-state index contributed by atoms with van der Waals surface area (Å²) in [6, 6.07) is 5.23. The molecule has 0 spiro atoms. The fourth-order valence-corrected chi connectivity index (χ4v) is 5.21. The van der Waals surface area contributed by atoms with Gasteiger partial charge in [-0.3, -0.25) is 9.69 Å². The number of carbonyl (C=O) groups is 1. The van der Waals surface area contributed by atoms with E-state index in [1.165, 1.54) is 15.9 Å². The number of aryl methyl sites for hydroxylation is 1. The molecule has 154 valence electrons. The van der Waals surface area contributed by atoms with Crippen LogP contribution in [0.1, 0.15) is 42.1 Å². The van der Waals surface area contributed by atoms with Crippen molar-refractivity contribution in [2.45, 2.75) is 32.2 Å². The number of aromatic nitrogens is 3. The van der Waals surface area contributed by atoms with Crippen LogP contribution in [-0.4, -0.2) is 43.6 Å². The van der Waals surface area contributed by atoms with E-state index in [0.717, 1.165) is 10.4 Å². The molecule has 0 bridgehead atoms. The smallest absolute Gasteiger partial charge is 0.230 e. The van der Waals surface area contributed by atoms with Gasteiger partial charge in [0, 0.05) is 12.3 Å². The molecule has 0 saturated carbocycles. The predicted molar refractivity (Wildman–Crippen MR) is 114 cm³/mol. The maximum Gasteiger partial charge on any atom is 0.230 e. The summed E-state index contributed by atoms with van der Waals surface area (Å²) in [6.45, 7) is 3.32. The molecule has 1 saturated heterocycles. The summed E-state index contributed by atoms with van der Waals surface area (Å²) in [4.78, 5) is 19.7. The van der Waals surface area contributed by atoms with Crippen molar-refractivity contribution in [1.29, 1.82) is 0 Å². The van der Waals surface area contributed by atoms with Crippen molar-refractivity contribution in [1.82, 2.24) is 19.5 Å². The molecule has 3 N–H and O–H groups in total. The first-order chi connectivity index (χ1) is 13.9. The first-order valence-corrected chi connectivity index (χ1v) is 11.0. The summed E-state index contributed by atoms with van der Waals surface area (Å²) in [6.07, 6.45) is 2.04. The predicted octanol–water partition coefficient (Wildman–Crippen LogP) is 3.65. The van der Waals surface area contributed by atoms with Crippen LogP contribution in [0, 0.1) is 5.92 Å². The lowest BCUT2D eigenvalue weighted by Crippen LogP contribution is -2.40. The standard InChI is InChI=1S/C19H21Cl2N5O2S/c1-2-14-23-19-26(24-14)18(28)16(29-19)15(11-3-4-12(20)13(21)9-11)25-7-5-10(6-8-25)17(22)27/h3-4,9-10,15,28H,2,5-8H2,1H3,(H2,22,27)/t15-/m0/s1. The Bertz CT molecular complexity index is 1060. The molecule has 1 aliphatic rings. The van der Waals surface area contributed by atoms with E-state index in [1.807, 2.05) is 19.1 Å². The molecule has 1 aromatic carbocycles. The minimum absolute atomic E-state index is 0.0743. The fraction of sp³-hybridized carbons (Fsp3) is 0.421. The number of nitrogens with two attached hydrogens (primary N) is 1. The molecule has 2 aromatic heterocycles. The molecule has 1 aliphatic heterocycles. The number of primary amides is 1. The summed E-state index contributed by atoms with van der Waals surface area (Å²) in [7, 11) is 0. The number of fused-ring (bicyclic) bond motifs is 1. The Hall–Kier alpha value is -1.87. The monoisotopic (exact) mass is 453 g/mol. The molecule has 0 radical (unpaired) electrons. The SMILES string of the molecule is CCc1nc2sc([C@H](c3ccc(Cl)c(Cl)c3)N3CCC(C(N)=O)CC3)c(O)n2n1. The Morgan fingerprint density at radius 1 is 1.34 bits per heavy atom. The van der Waals surface area contributed by atoms with Gasteiger partial charge in [-0.15, -0.1) is 5.10 Å². The van der Waals surface area contributed by atoms with E-state index in [1.54, 1.807) is 6.07 Å². The first kappa shape index (κ1) is 20.4. The van der Waals surface area contributed by atoms with Crippen LogP contribution in [0.15, 0.2) is 18.2 Å². The van der Waals surface area contributed by atoms with E-state index in [0.29, 0.717) is 53.2 Å². The molecule has 7 nitrogen and oxygen atoms in total. The number of thiazole rings is 1. The second-order valence-corrected chi connectivity index (χ2v) is 8.98. The van der Waals surface area contributed by atoms with E-state index in [4.69, 9.17) is 28.9 Å². The Labute approximate surface area is 182 Å². The van der Waals surface area contributed by atoms with Crippen molar-refractivity contribution in [2.75, 3.05) is 13.1 Å². The number of hydrogen-bond donors (Lipinski definition) is 2. The molecular formula is C19H21Cl2N5O2S. The molecule has 0 unspecified atom stereocenters. The van der Waals surface area contributed by atoms with Crippen molar-refractivity contribution in [3.63, 3.8) is 0 Å². The highest BCUT2D eigenvalue weighted by molar-refractivity contribution is 7.17. The number of aromatic hydroxyl groups is 1. The number of likely N-dealkylation sites (tertiary alicyclic amines) is 1. The van der Waals surface area contributed by atoms with Crippen molar-refractivity contribution in [3.8, 4) is 5.88 Å². The van der Waals surface area contributed by atoms with Gasteiger partial charge in [-0.2, -0.15) is 4.52 Å². The van der Waals surface area contributed by atoms with Gasteiger partial charge >= 0.3 is 0 Å². The number of piperidine rings is 1. The zero-order chi connectivity index (χ0) is 20.7. The van der Waals surface area contributed by atoms with E-state index >= 15 is 0 Å². The average Bonchev–Trinajstić information content (AvgIpc) is 3.25. The Morgan fingerprint density at radius 2 is 2.07 bits per heavy atom. The van der Waals surface area contributed by atoms with Gasteiger partial charge in [0.25, 0.3) is 0 Å². The van der Waals surface area contributed by atoms with E-state index < -0.39 is 0 Å². The van der Waals surface area contributed by atoms with Crippen LogP contribution in [0.3, 0.4) is 0 Å². The second-order valence-electron chi connectivity index (χ2n) is 7.15. The van der Waals surface area contributed by atoms with Gasteiger partial charge in [0.1, 0.15) is 0 Å². The normalized spacial score (nSPS) is 17.1. The molecule has 1 atom stereocenters. The number of hydrogen-bond acceptors (Lipinski definition) is 6. The van der Waals surface area contributed by atoms with Crippen LogP contribution < -0.4 is 5.73 Å². The Balaban J connectivity index is 1.76. The van der Waals surface area contributed by atoms with Gasteiger partial charge in [0.05, 0.1) is 21.0 Å². The van der Waals surface area contributed by atoms with Crippen molar-refractivity contribution < 1.29 is 9.90 Å². The summed E-state index contributed by atoms with van der Waals surface area (Å²) in [5, 5.41) is 16.2. The Morgan fingerprint density at radius 3 is 2.66 bits per heavy atom. The second kappa shape index (κ2) is 8.10.